The van der Waals surface area contributed by atoms with Crippen LogP contribution < -0.4 is 0 Å². The van der Waals surface area contributed by atoms with Crippen LogP contribution >= 0.6 is 0 Å². The van der Waals surface area contributed by atoms with E-state index in [-0.39, 0.29) is 0 Å². The second kappa shape index (κ2) is 3.90. The molecule has 2 heteroatoms. The van der Waals surface area contributed by atoms with Crippen molar-refractivity contribution < 1.29 is 0 Å². The van der Waals surface area contributed by atoms with Gasteiger partial charge in [0.25, 0.3) is 0 Å². The van der Waals surface area contributed by atoms with E-state index in [4.69, 9.17) is 0 Å². The molecule has 2 nitrogen and oxygen atoms in total. The minimum atomic E-state index is 0.968. The van der Waals surface area contributed by atoms with Gasteiger partial charge in [0, 0.05) is 12.4 Å². The van der Waals surface area contributed by atoms with E-state index in [9.17, 15) is 0 Å². The molecule has 0 saturated carbocycles. The molecule has 0 saturated heterocycles. The van der Waals surface area contributed by atoms with Gasteiger partial charge >= 0.3 is 0 Å². The Morgan fingerprint density at radius 3 is 3.00 bits per heavy atom. The van der Waals surface area contributed by atoms with Crippen molar-refractivity contribution in [1.29, 1.82) is 0 Å². The predicted molar refractivity (Wildman–Crippen MR) is 51.7 cm³/mol. The summed E-state index contributed by atoms with van der Waals surface area (Å²) in [5.74, 6) is 0. The van der Waals surface area contributed by atoms with E-state index in [1.165, 1.54) is 5.57 Å². The van der Waals surface area contributed by atoms with E-state index in [2.05, 4.69) is 18.1 Å². The van der Waals surface area contributed by atoms with Crippen molar-refractivity contribution in [2.45, 2.75) is 19.8 Å². The molecular weight excluding hydrogens is 148 g/mol. The molecule has 0 unspecified atom stereocenters. The number of aromatic nitrogens is 2. The summed E-state index contributed by atoms with van der Waals surface area (Å²) < 4.78 is 1.85. The molecule has 0 fully saturated rings. The summed E-state index contributed by atoms with van der Waals surface area (Å²) in [5, 5.41) is 0. The van der Waals surface area contributed by atoms with Gasteiger partial charge in [-0.1, -0.05) is 12.2 Å². The van der Waals surface area contributed by atoms with E-state index < -0.39 is 0 Å². The molecular formula is C10H14N2. The fraction of sp³-hybridized carbons (Fsp3) is 0.300. The van der Waals surface area contributed by atoms with Crippen molar-refractivity contribution in [2.75, 3.05) is 0 Å². The third-order valence-corrected chi connectivity index (χ3v) is 1.67. The van der Waals surface area contributed by atoms with Crippen molar-refractivity contribution in [3.05, 3.63) is 36.9 Å². The van der Waals surface area contributed by atoms with Crippen LogP contribution in [0.1, 0.15) is 19.0 Å². The number of nitrogens with zero attached hydrogens (tertiary/aromatic N) is 2. The Bertz CT molecular complexity index is 284. The molecule has 1 heterocycles. The largest absolute Gasteiger partial charge is 0.313 e. The lowest BCUT2D eigenvalue weighted by atomic mass is 10.1. The first-order valence-electron chi connectivity index (χ1n) is 4.01. The highest BCUT2D eigenvalue weighted by atomic mass is 15.0. The molecule has 0 atom stereocenters. The van der Waals surface area contributed by atoms with Crippen LogP contribution in [0.3, 0.4) is 0 Å². The van der Waals surface area contributed by atoms with Crippen LogP contribution in [0.2, 0.25) is 0 Å². The van der Waals surface area contributed by atoms with Gasteiger partial charge < -0.3 is 4.57 Å². The summed E-state index contributed by atoms with van der Waals surface area (Å²) in [6.07, 6.45) is 7.46. The number of imidazole rings is 1. The average molecular weight is 162 g/mol. The Morgan fingerprint density at radius 1 is 1.75 bits per heavy atom. The maximum Gasteiger partial charge on any atom is 0.0990 e. The molecule has 0 aliphatic heterocycles. The molecule has 0 aliphatic rings. The molecule has 0 aromatic carbocycles. The zero-order valence-electron chi connectivity index (χ0n) is 7.45. The molecule has 1 aromatic heterocycles. The standard InChI is InChI=1S/C10H14N2/c1-4-12-7-10(11-8-12)6-5-9(2)3/h4,7-8H,1-2,5-6H2,3H3. The van der Waals surface area contributed by atoms with Crippen LogP contribution in [0.4, 0.5) is 0 Å². The van der Waals surface area contributed by atoms with Crippen molar-refractivity contribution >= 4 is 6.20 Å². The fourth-order valence-corrected chi connectivity index (χ4v) is 0.950. The molecule has 0 bridgehead atoms. The first-order chi connectivity index (χ1) is 5.72. The molecule has 0 spiro atoms. The number of hydrogen-bond acceptors (Lipinski definition) is 1. The number of hydrogen-bond donors (Lipinski definition) is 0. The monoisotopic (exact) mass is 162 g/mol. The van der Waals surface area contributed by atoms with Crippen LogP contribution in [0.15, 0.2) is 31.3 Å². The normalized spacial score (nSPS) is 9.75. The van der Waals surface area contributed by atoms with Crippen LogP contribution in [0.5, 0.6) is 0 Å². The molecule has 64 valence electrons. The molecule has 0 amide bonds. The highest BCUT2D eigenvalue weighted by molar-refractivity contribution is 5.18. The maximum atomic E-state index is 4.21. The number of allylic oxidation sites excluding steroid dienone is 1. The van der Waals surface area contributed by atoms with Crippen LogP contribution in [0, 0.1) is 0 Å². The van der Waals surface area contributed by atoms with Gasteiger partial charge in [0.15, 0.2) is 0 Å². The Morgan fingerprint density at radius 2 is 2.50 bits per heavy atom. The third-order valence-electron chi connectivity index (χ3n) is 1.67. The van der Waals surface area contributed by atoms with Gasteiger partial charge in [0.1, 0.15) is 0 Å². The Hall–Kier alpha value is -1.31. The first-order valence-corrected chi connectivity index (χ1v) is 4.01. The maximum absolute atomic E-state index is 4.21. The Labute approximate surface area is 73.2 Å². The van der Waals surface area contributed by atoms with Crippen molar-refractivity contribution in [1.82, 2.24) is 9.55 Å². The van der Waals surface area contributed by atoms with Crippen molar-refractivity contribution in [3.63, 3.8) is 0 Å². The van der Waals surface area contributed by atoms with Crippen LogP contribution in [0.25, 0.3) is 6.20 Å². The van der Waals surface area contributed by atoms with Crippen molar-refractivity contribution in [2.24, 2.45) is 0 Å². The lowest BCUT2D eigenvalue weighted by molar-refractivity contribution is 0.914. The summed E-state index contributed by atoms with van der Waals surface area (Å²) in [7, 11) is 0. The van der Waals surface area contributed by atoms with E-state index in [0.29, 0.717) is 0 Å². The van der Waals surface area contributed by atoms with E-state index in [0.717, 1.165) is 18.5 Å². The lowest BCUT2D eigenvalue weighted by Gasteiger charge is -1.94. The van der Waals surface area contributed by atoms with Crippen molar-refractivity contribution in [3.8, 4) is 0 Å². The van der Waals surface area contributed by atoms with E-state index >= 15 is 0 Å². The molecule has 0 aliphatic carbocycles. The third kappa shape index (κ3) is 2.38. The van der Waals surface area contributed by atoms with Gasteiger partial charge in [-0.05, 0) is 19.8 Å². The van der Waals surface area contributed by atoms with Gasteiger partial charge in [-0.2, -0.15) is 0 Å². The first kappa shape index (κ1) is 8.78. The molecule has 0 radical (unpaired) electrons. The van der Waals surface area contributed by atoms with Gasteiger partial charge in [0.2, 0.25) is 0 Å². The zero-order valence-corrected chi connectivity index (χ0v) is 7.45. The lowest BCUT2D eigenvalue weighted by Crippen LogP contribution is -1.85. The second-order valence-corrected chi connectivity index (χ2v) is 2.95. The van der Waals surface area contributed by atoms with Gasteiger partial charge in [-0.25, -0.2) is 4.98 Å². The smallest absolute Gasteiger partial charge is 0.0990 e. The molecule has 1 aromatic rings. The van der Waals surface area contributed by atoms with Gasteiger partial charge in [0.05, 0.1) is 12.0 Å². The zero-order chi connectivity index (χ0) is 8.97. The number of aryl methyl sites for hydroxylation is 1. The molecule has 1 rings (SSSR count). The summed E-state index contributed by atoms with van der Waals surface area (Å²) in [4.78, 5) is 4.21. The van der Waals surface area contributed by atoms with Crippen LogP contribution in [-0.4, -0.2) is 9.55 Å². The van der Waals surface area contributed by atoms with Gasteiger partial charge in [-0.3, -0.25) is 0 Å². The Balaban J connectivity index is 2.52. The van der Waals surface area contributed by atoms with E-state index in [1.807, 2.05) is 17.7 Å². The minimum Gasteiger partial charge on any atom is -0.313 e. The summed E-state index contributed by atoms with van der Waals surface area (Å²) in [6, 6.07) is 0. The summed E-state index contributed by atoms with van der Waals surface area (Å²) >= 11 is 0. The van der Waals surface area contributed by atoms with Crippen LogP contribution in [-0.2, 0) is 6.42 Å². The predicted octanol–water partition coefficient (Wildman–Crippen LogP) is 2.49. The minimum absolute atomic E-state index is 0.968. The highest BCUT2D eigenvalue weighted by Crippen LogP contribution is 2.04. The second-order valence-electron chi connectivity index (χ2n) is 2.95. The molecule has 12 heavy (non-hydrogen) atoms. The summed E-state index contributed by atoms with van der Waals surface area (Å²) in [5.41, 5.74) is 2.29. The number of rotatable bonds is 4. The SMILES string of the molecule is C=Cn1cnc(CCC(=C)C)c1. The molecule has 0 N–H and O–H groups in total. The van der Waals surface area contributed by atoms with Gasteiger partial charge in [-0.15, -0.1) is 6.58 Å². The summed E-state index contributed by atoms with van der Waals surface area (Å²) in [6.45, 7) is 9.52. The van der Waals surface area contributed by atoms with E-state index in [1.54, 1.807) is 12.5 Å². The topological polar surface area (TPSA) is 17.8 Å². The highest BCUT2D eigenvalue weighted by Gasteiger charge is 1.96. The fourth-order valence-electron chi connectivity index (χ4n) is 0.950. The average Bonchev–Trinajstić information content (AvgIpc) is 2.48. The Kier molecular flexibility index (Phi) is 2.86. The quantitative estimate of drug-likeness (QED) is 0.622.